The Balaban J connectivity index is 2.13. The molecule has 1 aromatic heterocycles. The largest absolute Gasteiger partial charge is 0.337 e. The highest BCUT2D eigenvalue weighted by Gasteiger charge is 2.10. The van der Waals surface area contributed by atoms with Gasteiger partial charge in [0.05, 0.1) is 16.6 Å². The second kappa shape index (κ2) is 5.73. The lowest BCUT2D eigenvalue weighted by Crippen LogP contribution is -1.91. The van der Waals surface area contributed by atoms with Crippen molar-refractivity contribution in [1.82, 2.24) is 9.97 Å². The topological polar surface area (TPSA) is 52.5 Å². The first-order valence-electron chi connectivity index (χ1n) is 7.64. The molecule has 0 radical (unpaired) electrons. The number of H-pyrrole nitrogens is 1. The normalized spacial score (nSPS) is 11.7. The predicted molar refractivity (Wildman–Crippen MR) is 95.0 cm³/mol. The summed E-state index contributed by atoms with van der Waals surface area (Å²) in [6, 6.07) is 12.6. The number of imidazole rings is 1. The highest BCUT2D eigenvalue weighted by Crippen LogP contribution is 2.24. The first kappa shape index (κ1) is 15.1. The number of benzene rings is 2. The summed E-state index contributed by atoms with van der Waals surface area (Å²) in [7, 11) is 0. The van der Waals surface area contributed by atoms with E-state index in [1.807, 2.05) is 31.2 Å². The number of hydrogen-bond donors (Lipinski definition) is 1. The summed E-state index contributed by atoms with van der Waals surface area (Å²) in [6.07, 6.45) is 1.93. The van der Waals surface area contributed by atoms with Gasteiger partial charge < -0.3 is 4.98 Å². The summed E-state index contributed by atoms with van der Waals surface area (Å²) in [6.45, 7) is 8.27. The van der Waals surface area contributed by atoms with Gasteiger partial charge in [0.2, 0.25) is 0 Å². The molecule has 23 heavy (non-hydrogen) atoms. The minimum atomic E-state index is 0.550. The summed E-state index contributed by atoms with van der Waals surface area (Å²) in [5, 5.41) is 9.58. The fourth-order valence-corrected chi connectivity index (χ4v) is 2.97. The molecule has 0 spiro atoms. The number of hydrogen-bond acceptors (Lipinski definition) is 2. The van der Waals surface area contributed by atoms with Crippen LogP contribution in [0.4, 0.5) is 0 Å². The lowest BCUT2D eigenvalue weighted by Gasteiger charge is -2.07. The van der Waals surface area contributed by atoms with E-state index in [1.54, 1.807) is 0 Å². The van der Waals surface area contributed by atoms with E-state index in [4.69, 9.17) is 0 Å². The molecule has 1 N–H and O–H groups in total. The average Bonchev–Trinajstić information content (AvgIpc) is 2.89. The van der Waals surface area contributed by atoms with Crippen LogP contribution in [-0.2, 0) is 0 Å². The van der Waals surface area contributed by atoms with Gasteiger partial charge in [0, 0.05) is 0 Å². The molecule has 0 aliphatic rings. The zero-order valence-corrected chi connectivity index (χ0v) is 13.9. The van der Waals surface area contributed by atoms with Crippen LogP contribution >= 0.6 is 0 Å². The van der Waals surface area contributed by atoms with E-state index in [0.717, 1.165) is 16.6 Å². The maximum atomic E-state index is 9.58. The monoisotopic (exact) mass is 301 g/mol. The maximum Gasteiger partial charge on any atom is 0.149 e. The molecular formula is C20H19N3. The van der Waals surface area contributed by atoms with Crippen molar-refractivity contribution in [1.29, 1.82) is 5.26 Å². The van der Waals surface area contributed by atoms with Crippen LogP contribution in [0.2, 0.25) is 0 Å². The van der Waals surface area contributed by atoms with Crippen LogP contribution in [0.15, 0.2) is 30.3 Å². The summed E-state index contributed by atoms with van der Waals surface area (Å²) in [5.74, 6) is 0.618. The molecule has 0 saturated carbocycles. The van der Waals surface area contributed by atoms with Crippen molar-refractivity contribution in [3.05, 3.63) is 64.0 Å². The number of aryl methyl sites for hydroxylation is 4. The lowest BCUT2D eigenvalue weighted by atomic mass is 9.98. The molecule has 2 aromatic carbocycles. The van der Waals surface area contributed by atoms with E-state index in [9.17, 15) is 5.26 Å². The van der Waals surface area contributed by atoms with Crippen molar-refractivity contribution in [3.8, 4) is 6.07 Å². The van der Waals surface area contributed by atoms with Crippen LogP contribution in [0.5, 0.6) is 0 Å². The van der Waals surface area contributed by atoms with Crippen molar-refractivity contribution in [2.75, 3.05) is 0 Å². The van der Waals surface area contributed by atoms with E-state index in [2.05, 4.69) is 48.9 Å². The van der Waals surface area contributed by atoms with Crippen molar-refractivity contribution < 1.29 is 0 Å². The predicted octanol–water partition coefficient (Wildman–Crippen LogP) is 4.86. The third-order valence-corrected chi connectivity index (χ3v) is 4.04. The Bertz CT molecular complexity index is 945. The molecule has 0 bridgehead atoms. The van der Waals surface area contributed by atoms with Gasteiger partial charge in [0.1, 0.15) is 11.9 Å². The van der Waals surface area contributed by atoms with Gasteiger partial charge in [0.25, 0.3) is 0 Å². The fraction of sp³-hybridized carbons (Fsp3) is 0.200. The second-order valence-electron chi connectivity index (χ2n) is 6.09. The van der Waals surface area contributed by atoms with Crippen molar-refractivity contribution >= 4 is 22.7 Å². The van der Waals surface area contributed by atoms with Gasteiger partial charge in [-0.05, 0) is 68.2 Å². The zero-order valence-electron chi connectivity index (χ0n) is 13.9. The first-order chi connectivity index (χ1) is 11.0. The molecule has 114 valence electrons. The molecule has 3 aromatic rings. The zero-order chi connectivity index (χ0) is 16.6. The number of aromatic nitrogens is 2. The van der Waals surface area contributed by atoms with Crippen LogP contribution in [0, 0.1) is 39.0 Å². The van der Waals surface area contributed by atoms with Crippen LogP contribution < -0.4 is 0 Å². The number of aromatic amines is 1. The van der Waals surface area contributed by atoms with E-state index < -0.39 is 0 Å². The van der Waals surface area contributed by atoms with Crippen LogP contribution in [0.3, 0.4) is 0 Å². The molecule has 3 nitrogen and oxygen atoms in total. The van der Waals surface area contributed by atoms with Gasteiger partial charge in [0.15, 0.2) is 0 Å². The molecule has 0 saturated heterocycles. The van der Waals surface area contributed by atoms with Crippen LogP contribution in [-0.4, -0.2) is 9.97 Å². The smallest absolute Gasteiger partial charge is 0.149 e. The Morgan fingerprint density at radius 2 is 1.74 bits per heavy atom. The van der Waals surface area contributed by atoms with Gasteiger partial charge in [-0.1, -0.05) is 23.8 Å². The molecule has 0 amide bonds. The summed E-state index contributed by atoms with van der Waals surface area (Å²) >= 11 is 0. The number of nitrogens with zero attached hydrogens (tertiary/aromatic N) is 2. The number of nitriles is 1. The lowest BCUT2D eigenvalue weighted by molar-refractivity contribution is 1.27. The molecule has 0 atom stereocenters. The molecule has 0 aliphatic heterocycles. The third-order valence-electron chi connectivity index (χ3n) is 4.04. The SMILES string of the molecule is Cc1cc(C)c(/C=C(/C#N)c2nc3ccc(C)cc3[nH]2)c(C)c1. The van der Waals surface area contributed by atoms with Crippen molar-refractivity contribution in [2.45, 2.75) is 27.7 Å². The third kappa shape index (κ3) is 2.89. The van der Waals surface area contributed by atoms with Gasteiger partial charge in [-0.25, -0.2) is 4.98 Å². The average molecular weight is 301 g/mol. The Labute approximate surface area is 136 Å². The summed E-state index contributed by atoms with van der Waals surface area (Å²) in [4.78, 5) is 7.81. The fourth-order valence-electron chi connectivity index (χ4n) is 2.97. The van der Waals surface area contributed by atoms with E-state index in [1.165, 1.54) is 22.3 Å². The Morgan fingerprint density at radius 3 is 2.39 bits per heavy atom. The van der Waals surface area contributed by atoms with Crippen molar-refractivity contribution in [3.63, 3.8) is 0 Å². The molecule has 3 heteroatoms. The van der Waals surface area contributed by atoms with Crippen LogP contribution in [0.1, 0.15) is 33.6 Å². The number of allylic oxidation sites excluding steroid dienone is 1. The minimum absolute atomic E-state index is 0.550. The van der Waals surface area contributed by atoms with Gasteiger partial charge in [-0.15, -0.1) is 0 Å². The van der Waals surface area contributed by atoms with E-state index in [-0.39, 0.29) is 0 Å². The molecule has 1 heterocycles. The number of fused-ring (bicyclic) bond motifs is 1. The van der Waals surface area contributed by atoms with Gasteiger partial charge in [-0.2, -0.15) is 5.26 Å². The number of rotatable bonds is 2. The Kier molecular flexibility index (Phi) is 3.75. The Hall–Kier alpha value is -2.86. The molecule has 3 rings (SSSR count). The number of nitrogens with one attached hydrogen (secondary N) is 1. The van der Waals surface area contributed by atoms with E-state index >= 15 is 0 Å². The Morgan fingerprint density at radius 1 is 1.04 bits per heavy atom. The standard InChI is InChI=1S/C20H19N3/c1-12-5-6-18-19(9-12)23-20(22-18)16(11-21)10-17-14(3)7-13(2)8-15(17)4/h5-10H,1-4H3,(H,22,23)/b16-10-. The highest BCUT2D eigenvalue weighted by atomic mass is 14.9. The van der Waals surface area contributed by atoms with Gasteiger partial charge >= 0.3 is 0 Å². The second-order valence-corrected chi connectivity index (χ2v) is 6.09. The first-order valence-corrected chi connectivity index (χ1v) is 7.64. The maximum absolute atomic E-state index is 9.58. The molecule has 0 unspecified atom stereocenters. The van der Waals surface area contributed by atoms with Crippen LogP contribution in [0.25, 0.3) is 22.7 Å². The quantitative estimate of drug-likeness (QED) is 0.687. The molecule has 0 aliphatic carbocycles. The minimum Gasteiger partial charge on any atom is -0.337 e. The molecular weight excluding hydrogens is 282 g/mol. The van der Waals surface area contributed by atoms with Crippen molar-refractivity contribution in [2.24, 2.45) is 0 Å². The molecule has 0 fully saturated rings. The summed E-state index contributed by atoms with van der Waals surface area (Å²) < 4.78 is 0. The highest BCUT2D eigenvalue weighted by molar-refractivity contribution is 5.91. The van der Waals surface area contributed by atoms with Gasteiger partial charge in [-0.3, -0.25) is 0 Å². The summed E-state index contributed by atoms with van der Waals surface area (Å²) in [5.41, 5.74) is 8.21. The van der Waals surface area contributed by atoms with E-state index in [0.29, 0.717) is 11.4 Å².